The van der Waals surface area contributed by atoms with Crippen LogP contribution < -0.4 is 5.73 Å². The molecule has 0 spiro atoms. The summed E-state index contributed by atoms with van der Waals surface area (Å²) in [6.07, 6.45) is 6.68. The molecule has 86 valence electrons. The van der Waals surface area contributed by atoms with E-state index in [2.05, 4.69) is 11.8 Å². The molecule has 2 aliphatic heterocycles. The van der Waals surface area contributed by atoms with Gasteiger partial charge in [-0.15, -0.1) is 24.8 Å². The van der Waals surface area contributed by atoms with Gasteiger partial charge < -0.3 is 5.73 Å². The number of fused-ring (bicyclic) bond motifs is 2. The third-order valence-electron chi connectivity index (χ3n) is 3.53. The van der Waals surface area contributed by atoms with Gasteiger partial charge in [0.15, 0.2) is 0 Å². The Morgan fingerprint density at radius 2 is 1.64 bits per heavy atom. The molecule has 2 bridgehead atoms. The van der Waals surface area contributed by atoms with Crippen LogP contribution >= 0.6 is 24.8 Å². The maximum absolute atomic E-state index is 6.02. The Labute approximate surface area is 99.4 Å². The Morgan fingerprint density at radius 3 is 2.07 bits per heavy atom. The van der Waals surface area contributed by atoms with Crippen molar-refractivity contribution in [2.45, 2.75) is 57.2 Å². The maximum Gasteiger partial charge on any atom is 0.0113 e. The van der Waals surface area contributed by atoms with Crippen molar-refractivity contribution in [3.63, 3.8) is 0 Å². The number of nitrogens with two attached hydrogens (primary N) is 1. The van der Waals surface area contributed by atoms with Crippen LogP contribution in [-0.2, 0) is 0 Å². The topological polar surface area (TPSA) is 29.3 Å². The van der Waals surface area contributed by atoms with Gasteiger partial charge in [-0.3, -0.25) is 4.90 Å². The van der Waals surface area contributed by atoms with E-state index in [-0.39, 0.29) is 24.8 Å². The smallest absolute Gasteiger partial charge is 0.0113 e. The van der Waals surface area contributed by atoms with E-state index in [4.69, 9.17) is 5.73 Å². The summed E-state index contributed by atoms with van der Waals surface area (Å²) in [6, 6.07) is 2.12. The second-order valence-electron chi connectivity index (χ2n) is 4.30. The highest BCUT2D eigenvalue weighted by Gasteiger charge is 2.35. The molecule has 4 heteroatoms. The molecule has 2 rings (SSSR count). The first kappa shape index (κ1) is 14.5. The van der Waals surface area contributed by atoms with E-state index in [1.807, 2.05) is 0 Å². The average Bonchev–Trinajstić information content (AvgIpc) is 2.02. The van der Waals surface area contributed by atoms with Crippen molar-refractivity contribution >= 4 is 24.8 Å². The van der Waals surface area contributed by atoms with E-state index in [9.17, 15) is 0 Å². The molecule has 0 aromatic heterocycles. The van der Waals surface area contributed by atoms with Crippen LogP contribution in [0.25, 0.3) is 0 Å². The van der Waals surface area contributed by atoms with Crippen LogP contribution in [0.15, 0.2) is 0 Å². The zero-order valence-electron chi connectivity index (χ0n) is 8.82. The summed E-state index contributed by atoms with van der Waals surface area (Å²) >= 11 is 0. The molecule has 0 aliphatic carbocycles. The molecule has 2 nitrogen and oxygen atoms in total. The molecule has 2 heterocycles. The third-order valence-corrected chi connectivity index (χ3v) is 3.53. The van der Waals surface area contributed by atoms with E-state index in [1.165, 1.54) is 38.6 Å². The van der Waals surface area contributed by atoms with Crippen molar-refractivity contribution < 1.29 is 0 Å². The van der Waals surface area contributed by atoms with Crippen LogP contribution in [-0.4, -0.2) is 29.6 Å². The Hall–Kier alpha value is 0.500. The van der Waals surface area contributed by atoms with Gasteiger partial charge in [0.1, 0.15) is 0 Å². The van der Waals surface area contributed by atoms with Crippen LogP contribution in [0.4, 0.5) is 0 Å². The van der Waals surface area contributed by atoms with Gasteiger partial charge in [-0.05, 0) is 32.2 Å². The molecule has 2 saturated heterocycles. The highest BCUT2D eigenvalue weighted by atomic mass is 35.5. The number of piperidine rings is 2. The summed E-state index contributed by atoms with van der Waals surface area (Å²) in [5.41, 5.74) is 6.02. The van der Waals surface area contributed by atoms with Crippen molar-refractivity contribution in [3.05, 3.63) is 0 Å². The number of nitrogens with zero attached hydrogens (tertiary/aromatic N) is 1. The van der Waals surface area contributed by atoms with Gasteiger partial charge in [0, 0.05) is 18.1 Å². The first-order chi connectivity index (χ1) is 5.81. The molecule has 2 aliphatic rings. The Bertz CT molecular complexity index is 152. The van der Waals surface area contributed by atoms with Gasteiger partial charge in [0.2, 0.25) is 0 Å². The normalized spacial score (nSPS) is 36.9. The van der Waals surface area contributed by atoms with Gasteiger partial charge in [-0.2, -0.15) is 0 Å². The van der Waals surface area contributed by atoms with Crippen molar-refractivity contribution in [2.75, 3.05) is 6.54 Å². The molecular formula is C10H22Cl2N2. The lowest BCUT2D eigenvalue weighted by Crippen LogP contribution is -2.54. The van der Waals surface area contributed by atoms with Gasteiger partial charge in [0.25, 0.3) is 0 Å². The van der Waals surface area contributed by atoms with Crippen LogP contribution in [0.3, 0.4) is 0 Å². The molecule has 2 unspecified atom stereocenters. The Morgan fingerprint density at radius 1 is 1.14 bits per heavy atom. The van der Waals surface area contributed by atoms with Crippen LogP contribution in [0.2, 0.25) is 0 Å². The monoisotopic (exact) mass is 240 g/mol. The lowest BCUT2D eigenvalue weighted by atomic mass is 9.82. The summed E-state index contributed by atoms with van der Waals surface area (Å²) in [7, 11) is 0. The van der Waals surface area contributed by atoms with Crippen molar-refractivity contribution in [1.29, 1.82) is 0 Å². The second-order valence-corrected chi connectivity index (χ2v) is 4.30. The molecule has 2 N–H and O–H groups in total. The second kappa shape index (κ2) is 6.16. The summed E-state index contributed by atoms with van der Waals surface area (Å²) in [6.45, 7) is 3.50. The van der Waals surface area contributed by atoms with E-state index in [1.54, 1.807) is 0 Å². The van der Waals surface area contributed by atoms with Gasteiger partial charge in [-0.25, -0.2) is 0 Å². The Balaban J connectivity index is 0.000000845. The summed E-state index contributed by atoms with van der Waals surface area (Å²) in [5, 5.41) is 0. The summed E-state index contributed by atoms with van der Waals surface area (Å²) < 4.78 is 0. The quantitative estimate of drug-likeness (QED) is 0.762. The fourth-order valence-corrected chi connectivity index (χ4v) is 3.04. The SMILES string of the molecule is CCN1C2CCCC1CC(N)C2.Cl.Cl. The van der Waals surface area contributed by atoms with Crippen molar-refractivity contribution in [1.82, 2.24) is 4.90 Å². The first-order valence-electron chi connectivity index (χ1n) is 5.32. The fourth-order valence-electron chi connectivity index (χ4n) is 3.04. The van der Waals surface area contributed by atoms with E-state index < -0.39 is 0 Å². The molecule has 0 radical (unpaired) electrons. The average molecular weight is 241 g/mol. The minimum absolute atomic E-state index is 0. The van der Waals surface area contributed by atoms with Gasteiger partial charge in [0.05, 0.1) is 0 Å². The lowest BCUT2D eigenvalue weighted by Gasteiger charge is -2.47. The number of hydrogen-bond acceptors (Lipinski definition) is 2. The number of halogens is 2. The molecule has 0 aromatic carbocycles. The summed E-state index contributed by atoms with van der Waals surface area (Å²) in [5.74, 6) is 0. The van der Waals surface area contributed by atoms with Gasteiger partial charge in [-0.1, -0.05) is 13.3 Å². The zero-order valence-corrected chi connectivity index (χ0v) is 10.4. The molecule has 0 saturated carbocycles. The zero-order chi connectivity index (χ0) is 8.55. The highest BCUT2D eigenvalue weighted by Crippen LogP contribution is 2.32. The number of hydrogen-bond donors (Lipinski definition) is 1. The van der Waals surface area contributed by atoms with Gasteiger partial charge >= 0.3 is 0 Å². The van der Waals surface area contributed by atoms with Crippen LogP contribution in [0, 0.1) is 0 Å². The molecular weight excluding hydrogens is 219 g/mol. The standard InChI is InChI=1S/C10H20N2.2ClH/c1-2-12-9-4-3-5-10(12)7-8(11)6-9;;/h8-10H,2-7,11H2,1H3;2*1H. The molecule has 0 aromatic rings. The Kier molecular flexibility index (Phi) is 6.38. The molecule has 2 fully saturated rings. The fraction of sp³-hybridized carbons (Fsp3) is 1.00. The van der Waals surface area contributed by atoms with Crippen molar-refractivity contribution in [3.8, 4) is 0 Å². The molecule has 2 atom stereocenters. The minimum Gasteiger partial charge on any atom is -0.328 e. The van der Waals surface area contributed by atoms with E-state index in [0.29, 0.717) is 6.04 Å². The minimum atomic E-state index is 0. The largest absolute Gasteiger partial charge is 0.328 e. The summed E-state index contributed by atoms with van der Waals surface area (Å²) in [4.78, 5) is 2.67. The van der Waals surface area contributed by atoms with Crippen LogP contribution in [0.1, 0.15) is 39.0 Å². The lowest BCUT2D eigenvalue weighted by molar-refractivity contribution is 0.0367. The maximum atomic E-state index is 6.02. The molecule has 14 heavy (non-hydrogen) atoms. The third kappa shape index (κ3) is 2.75. The van der Waals surface area contributed by atoms with E-state index in [0.717, 1.165) is 12.1 Å². The van der Waals surface area contributed by atoms with Crippen molar-refractivity contribution in [2.24, 2.45) is 5.73 Å². The predicted molar refractivity (Wildman–Crippen MR) is 65.5 cm³/mol. The highest BCUT2D eigenvalue weighted by molar-refractivity contribution is 5.85. The van der Waals surface area contributed by atoms with E-state index >= 15 is 0 Å². The predicted octanol–water partition coefficient (Wildman–Crippen LogP) is 2.19. The van der Waals surface area contributed by atoms with Crippen LogP contribution in [0.5, 0.6) is 0 Å². The molecule has 0 amide bonds. The first-order valence-corrected chi connectivity index (χ1v) is 5.32. The number of rotatable bonds is 1.